The number of carbonyl (C=O) groups excluding carboxylic acids is 1. The average Bonchev–Trinajstić information content (AvgIpc) is 2.74. The van der Waals surface area contributed by atoms with Crippen LogP contribution in [0.2, 0.25) is 10.0 Å². The first kappa shape index (κ1) is 21.7. The van der Waals surface area contributed by atoms with Gasteiger partial charge in [-0.1, -0.05) is 59.6 Å². The number of carbonyl (C=O) groups is 1. The molecule has 0 spiro atoms. The van der Waals surface area contributed by atoms with Gasteiger partial charge in [0, 0.05) is 15.7 Å². The Kier molecular flexibility index (Phi) is 6.99. The normalized spacial score (nSPS) is 12.5. The van der Waals surface area contributed by atoms with Crippen molar-refractivity contribution in [3.05, 3.63) is 93.5 Å². The van der Waals surface area contributed by atoms with Gasteiger partial charge in [0.1, 0.15) is 5.75 Å². The van der Waals surface area contributed by atoms with Gasteiger partial charge >= 0.3 is 0 Å². The van der Waals surface area contributed by atoms with Crippen LogP contribution >= 0.6 is 23.2 Å². The Bertz CT molecular complexity index is 1080. The molecule has 2 atom stereocenters. The lowest BCUT2D eigenvalue weighted by atomic mass is 9.91. The van der Waals surface area contributed by atoms with Crippen LogP contribution in [0.5, 0.6) is 5.75 Å². The maximum Gasteiger partial charge on any atom is 0.265 e. The van der Waals surface area contributed by atoms with Crippen molar-refractivity contribution in [2.45, 2.75) is 25.9 Å². The molecule has 0 unspecified atom stereocenters. The van der Waals surface area contributed by atoms with Crippen LogP contribution in [0.1, 0.15) is 29.5 Å². The Labute approximate surface area is 186 Å². The molecule has 0 aliphatic heterocycles. The number of para-hydroxylation sites is 1. The second kappa shape index (κ2) is 9.67. The third kappa shape index (κ3) is 5.13. The summed E-state index contributed by atoms with van der Waals surface area (Å²) in [6.45, 7) is 3.54. The second-order valence-electron chi connectivity index (χ2n) is 6.86. The molecule has 0 saturated heterocycles. The fraction of sp³-hybridized carbons (Fsp3) is 0.167. The van der Waals surface area contributed by atoms with Gasteiger partial charge in [0.25, 0.3) is 5.91 Å². The van der Waals surface area contributed by atoms with E-state index in [0.29, 0.717) is 27.0 Å². The summed E-state index contributed by atoms with van der Waals surface area (Å²) in [4.78, 5) is 12.6. The summed E-state index contributed by atoms with van der Waals surface area (Å²) in [5, 5.41) is 13.6. The van der Waals surface area contributed by atoms with Crippen molar-refractivity contribution in [1.82, 2.24) is 0 Å². The molecule has 0 heterocycles. The summed E-state index contributed by atoms with van der Waals surface area (Å²) < 4.78 is 5.67. The van der Waals surface area contributed by atoms with Crippen LogP contribution in [-0.2, 0) is 4.79 Å². The lowest BCUT2D eigenvalue weighted by molar-refractivity contribution is -0.122. The third-order valence-corrected chi connectivity index (χ3v) is 5.25. The first-order chi connectivity index (χ1) is 14.4. The SMILES string of the molecule is Cc1cc([C@H](C#N)c2ccc(Cl)cc2)c(Cl)cc1NC(=O)[C@H](C)Oc1ccccc1. The predicted octanol–water partition coefficient (Wildman–Crippen LogP) is 6.36. The van der Waals surface area contributed by atoms with Gasteiger partial charge in [-0.05, 0) is 60.9 Å². The summed E-state index contributed by atoms with van der Waals surface area (Å²) in [5.74, 6) is -0.219. The molecule has 0 aliphatic carbocycles. The lowest BCUT2D eigenvalue weighted by Crippen LogP contribution is -2.30. The molecular formula is C24H20Cl2N2O2. The minimum atomic E-state index is -0.689. The highest BCUT2D eigenvalue weighted by molar-refractivity contribution is 6.32. The molecule has 0 saturated carbocycles. The van der Waals surface area contributed by atoms with Crippen molar-refractivity contribution in [2.24, 2.45) is 0 Å². The van der Waals surface area contributed by atoms with Crippen molar-refractivity contribution in [3.8, 4) is 11.8 Å². The van der Waals surface area contributed by atoms with Crippen LogP contribution < -0.4 is 10.1 Å². The van der Waals surface area contributed by atoms with E-state index in [1.165, 1.54) is 0 Å². The van der Waals surface area contributed by atoms with Crippen molar-refractivity contribution < 1.29 is 9.53 Å². The molecule has 1 amide bonds. The van der Waals surface area contributed by atoms with E-state index >= 15 is 0 Å². The summed E-state index contributed by atoms with van der Waals surface area (Å²) in [5.41, 5.74) is 2.84. The Morgan fingerprint density at radius 2 is 1.73 bits per heavy atom. The first-order valence-electron chi connectivity index (χ1n) is 9.36. The van der Waals surface area contributed by atoms with Crippen molar-refractivity contribution in [3.63, 3.8) is 0 Å². The first-order valence-corrected chi connectivity index (χ1v) is 10.1. The van der Waals surface area contributed by atoms with Gasteiger partial charge in [-0.3, -0.25) is 4.79 Å². The molecule has 30 heavy (non-hydrogen) atoms. The maximum atomic E-state index is 12.6. The van der Waals surface area contributed by atoms with Crippen molar-refractivity contribution >= 4 is 34.8 Å². The van der Waals surface area contributed by atoms with E-state index in [1.807, 2.05) is 31.2 Å². The van der Waals surface area contributed by atoms with E-state index in [4.69, 9.17) is 27.9 Å². The molecule has 0 aliphatic rings. The van der Waals surface area contributed by atoms with Crippen LogP contribution in [0.4, 0.5) is 5.69 Å². The Morgan fingerprint density at radius 3 is 2.37 bits per heavy atom. The smallest absolute Gasteiger partial charge is 0.265 e. The number of benzene rings is 3. The molecule has 1 N–H and O–H groups in total. The lowest BCUT2D eigenvalue weighted by Gasteiger charge is -2.18. The number of halogens is 2. The highest BCUT2D eigenvalue weighted by Gasteiger charge is 2.20. The minimum absolute atomic E-state index is 0.291. The number of nitrogens with zero attached hydrogens (tertiary/aromatic N) is 1. The fourth-order valence-electron chi connectivity index (χ4n) is 3.03. The number of nitriles is 1. The molecule has 3 aromatic carbocycles. The number of anilines is 1. The van der Waals surface area contributed by atoms with Gasteiger partial charge in [-0.25, -0.2) is 0 Å². The van der Waals surface area contributed by atoms with Crippen LogP contribution in [0.25, 0.3) is 0 Å². The molecule has 152 valence electrons. The van der Waals surface area contributed by atoms with E-state index in [1.54, 1.807) is 49.4 Å². The van der Waals surface area contributed by atoms with Crippen molar-refractivity contribution in [1.29, 1.82) is 5.26 Å². The van der Waals surface area contributed by atoms with Gasteiger partial charge in [-0.15, -0.1) is 0 Å². The minimum Gasteiger partial charge on any atom is -0.481 e. The van der Waals surface area contributed by atoms with Gasteiger partial charge < -0.3 is 10.1 Å². The number of nitrogens with one attached hydrogen (secondary N) is 1. The van der Waals surface area contributed by atoms with Crippen molar-refractivity contribution in [2.75, 3.05) is 5.32 Å². The second-order valence-corrected chi connectivity index (χ2v) is 7.71. The number of hydrogen-bond acceptors (Lipinski definition) is 3. The number of ether oxygens (including phenoxy) is 1. The van der Waals surface area contributed by atoms with Gasteiger partial charge in [0.05, 0.1) is 12.0 Å². The van der Waals surface area contributed by atoms with Gasteiger partial charge in [0.2, 0.25) is 0 Å². The Hall–Kier alpha value is -3.00. The molecule has 0 bridgehead atoms. The number of amides is 1. The molecule has 3 rings (SSSR count). The third-order valence-electron chi connectivity index (χ3n) is 4.67. The van der Waals surface area contributed by atoms with Crippen LogP contribution in [0, 0.1) is 18.3 Å². The summed E-state index contributed by atoms with van der Waals surface area (Å²) in [7, 11) is 0. The van der Waals surface area contributed by atoms with E-state index in [9.17, 15) is 10.1 Å². The Morgan fingerprint density at radius 1 is 1.07 bits per heavy atom. The zero-order valence-corrected chi connectivity index (χ0v) is 18.0. The molecule has 6 heteroatoms. The monoisotopic (exact) mass is 438 g/mol. The van der Waals surface area contributed by atoms with Crippen LogP contribution in [0.15, 0.2) is 66.7 Å². The average molecular weight is 439 g/mol. The molecule has 0 radical (unpaired) electrons. The van der Waals surface area contributed by atoms with E-state index in [-0.39, 0.29) is 5.91 Å². The largest absolute Gasteiger partial charge is 0.481 e. The van der Waals surface area contributed by atoms with Crippen LogP contribution in [0.3, 0.4) is 0 Å². The predicted molar refractivity (Wildman–Crippen MR) is 120 cm³/mol. The number of aryl methyl sites for hydroxylation is 1. The maximum absolute atomic E-state index is 12.6. The summed E-state index contributed by atoms with van der Waals surface area (Å²) in [6.07, 6.45) is -0.689. The Balaban J connectivity index is 1.79. The van der Waals surface area contributed by atoms with Gasteiger partial charge in [0.15, 0.2) is 6.10 Å². The highest BCUT2D eigenvalue weighted by atomic mass is 35.5. The standard InChI is InChI=1S/C24H20Cl2N2O2/c1-15-12-20(21(14-27)17-8-10-18(25)11-9-17)22(26)13-23(15)28-24(29)16(2)30-19-6-4-3-5-7-19/h3-13,16,21H,1-2H3,(H,28,29)/t16-,21+/m0/s1. The molecular weight excluding hydrogens is 419 g/mol. The molecule has 3 aromatic rings. The molecule has 0 fully saturated rings. The van der Waals surface area contributed by atoms with E-state index in [0.717, 1.165) is 11.1 Å². The topological polar surface area (TPSA) is 62.1 Å². The van der Waals surface area contributed by atoms with E-state index < -0.39 is 12.0 Å². The quantitative estimate of drug-likeness (QED) is 0.486. The highest BCUT2D eigenvalue weighted by Crippen LogP contribution is 2.34. The van der Waals surface area contributed by atoms with Crippen LogP contribution in [-0.4, -0.2) is 12.0 Å². The summed E-state index contributed by atoms with van der Waals surface area (Å²) in [6, 6.07) is 22.0. The molecule has 0 aromatic heterocycles. The number of hydrogen-bond donors (Lipinski definition) is 1. The summed E-state index contributed by atoms with van der Waals surface area (Å²) >= 11 is 12.4. The molecule has 4 nitrogen and oxygen atoms in total. The van der Waals surface area contributed by atoms with Gasteiger partial charge in [-0.2, -0.15) is 5.26 Å². The zero-order valence-electron chi connectivity index (χ0n) is 16.5. The van der Waals surface area contributed by atoms with E-state index in [2.05, 4.69) is 11.4 Å². The fourth-order valence-corrected chi connectivity index (χ4v) is 3.43. The number of rotatable bonds is 6. The zero-order chi connectivity index (χ0) is 21.7.